The highest BCUT2D eigenvalue weighted by Crippen LogP contribution is 2.28. The third-order valence-electron chi connectivity index (χ3n) is 3.47. The first kappa shape index (κ1) is 13.3. The van der Waals surface area contributed by atoms with Crippen LogP contribution in [-0.4, -0.2) is 34.6 Å². The monoisotopic (exact) mass is 265 g/mol. The van der Waals surface area contributed by atoms with E-state index in [1.165, 1.54) is 4.88 Å². The van der Waals surface area contributed by atoms with Gasteiger partial charge >= 0.3 is 0 Å². The van der Waals surface area contributed by atoms with E-state index in [0.717, 1.165) is 4.88 Å². The van der Waals surface area contributed by atoms with Gasteiger partial charge in [0.15, 0.2) is 0 Å². The summed E-state index contributed by atoms with van der Waals surface area (Å²) < 4.78 is 0. The fourth-order valence-electron chi connectivity index (χ4n) is 1.94. The first-order chi connectivity index (χ1) is 8.40. The van der Waals surface area contributed by atoms with Crippen LogP contribution in [-0.2, 0) is 4.79 Å². The highest BCUT2D eigenvalue weighted by molar-refractivity contribution is 7.12. The summed E-state index contributed by atoms with van der Waals surface area (Å²) in [6.07, 6.45) is 3.43. The van der Waals surface area contributed by atoms with Crippen molar-refractivity contribution in [3.8, 4) is 0 Å². The Morgan fingerprint density at radius 3 is 2.67 bits per heavy atom. The maximum absolute atomic E-state index is 11.8. The number of hydrogen-bond acceptors (Lipinski definition) is 3. The van der Waals surface area contributed by atoms with Gasteiger partial charge in [-0.05, 0) is 31.1 Å². The number of nitrogens with zero attached hydrogens (tertiary/aromatic N) is 1. The molecule has 1 N–H and O–H groups in total. The molecule has 0 unspecified atom stereocenters. The Kier molecular flexibility index (Phi) is 3.59. The van der Waals surface area contributed by atoms with Crippen LogP contribution in [0.3, 0.4) is 0 Å². The van der Waals surface area contributed by atoms with E-state index in [-0.39, 0.29) is 11.8 Å². The smallest absolute Gasteiger partial charge is 0.246 e. The van der Waals surface area contributed by atoms with E-state index in [2.05, 4.69) is 0 Å². The molecule has 0 bridgehead atoms. The number of carbonyl (C=O) groups excluding carboxylic acids is 1. The van der Waals surface area contributed by atoms with Gasteiger partial charge in [-0.15, -0.1) is 11.3 Å². The lowest BCUT2D eigenvalue weighted by Crippen LogP contribution is -2.65. The van der Waals surface area contributed by atoms with Gasteiger partial charge in [-0.3, -0.25) is 4.79 Å². The molecule has 2 rings (SSSR count). The van der Waals surface area contributed by atoms with Crippen LogP contribution in [0.25, 0.3) is 6.08 Å². The Bertz CT molecular complexity index is 470. The summed E-state index contributed by atoms with van der Waals surface area (Å²) in [4.78, 5) is 15.8. The summed E-state index contributed by atoms with van der Waals surface area (Å²) in [5, 5.41) is 10.1. The fraction of sp³-hybridized carbons (Fsp3) is 0.500. The summed E-state index contributed by atoms with van der Waals surface area (Å²) in [5.74, 6) is 0.164. The normalized spacial score (nSPS) is 18.4. The quantitative estimate of drug-likeness (QED) is 0.852. The molecule has 4 heteroatoms. The van der Waals surface area contributed by atoms with E-state index < -0.39 is 5.60 Å². The van der Waals surface area contributed by atoms with Crippen molar-refractivity contribution in [2.24, 2.45) is 5.92 Å². The first-order valence-corrected chi connectivity index (χ1v) is 6.98. The second-order valence-electron chi connectivity index (χ2n) is 5.23. The Hall–Kier alpha value is -1.13. The minimum absolute atomic E-state index is 0.0219. The maximum Gasteiger partial charge on any atom is 0.246 e. The van der Waals surface area contributed by atoms with Crippen molar-refractivity contribution in [2.75, 3.05) is 13.1 Å². The van der Waals surface area contributed by atoms with Crippen molar-refractivity contribution in [2.45, 2.75) is 26.4 Å². The topological polar surface area (TPSA) is 40.5 Å². The van der Waals surface area contributed by atoms with Gasteiger partial charge < -0.3 is 10.0 Å². The molecule has 1 saturated heterocycles. The number of carbonyl (C=O) groups is 1. The molecule has 98 valence electrons. The summed E-state index contributed by atoms with van der Waals surface area (Å²) in [5.41, 5.74) is -0.691. The summed E-state index contributed by atoms with van der Waals surface area (Å²) in [7, 11) is 0. The standard InChI is InChI=1S/C14H19NO2S/c1-10(2)14(17)8-15(9-14)13(16)7-6-12-5-4-11(3)18-12/h4-7,10,17H,8-9H2,1-3H3. The predicted octanol–water partition coefficient (Wildman–Crippen LogP) is 2.30. The van der Waals surface area contributed by atoms with Gasteiger partial charge in [0.05, 0.1) is 13.1 Å². The molecule has 0 saturated carbocycles. The van der Waals surface area contributed by atoms with E-state index in [0.29, 0.717) is 13.1 Å². The molecule has 1 amide bonds. The predicted molar refractivity (Wildman–Crippen MR) is 74.5 cm³/mol. The van der Waals surface area contributed by atoms with Crippen molar-refractivity contribution < 1.29 is 9.90 Å². The van der Waals surface area contributed by atoms with E-state index in [4.69, 9.17) is 0 Å². The summed E-state index contributed by atoms with van der Waals surface area (Å²) in [6.45, 7) is 6.88. The van der Waals surface area contributed by atoms with Crippen LogP contribution in [0.1, 0.15) is 23.6 Å². The lowest BCUT2D eigenvalue weighted by Gasteiger charge is -2.48. The molecular formula is C14H19NO2S. The molecule has 1 aromatic heterocycles. The van der Waals surface area contributed by atoms with Crippen molar-refractivity contribution in [1.29, 1.82) is 0 Å². The molecule has 0 radical (unpaired) electrons. The van der Waals surface area contributed by atoms with Crippen molar-refractivity contribution in [3.63, 3.8) is 0 Å². The Balaban J connectivity index is 1.89. The zero-order valence-electron chi connectivity index (χ0n) is 11.0. The number of aryl methyl sites for hydroxylation is 1. The Labute approximate surface area is 112 Å². The lowest BCUT2D eigenvalue weighted by molar-refractivity contribution is -0.158. The highest BCUT2D eigenvalue weighted by Gasteiger charge is 2.45. The second kappa shape index (κ2) is 4.86. The summed E-state index contributed by atoms with van der Waals surface area (Å²) in [6, 6.07) is 4.04. The minimum atomic E-state index is -0.691. The molecule has 1 aromatic rings. The lowest BCUT2D eigenvalue weighted by atomic mass is 9.83. The second-order valence-corrected chi connectivity index (χ2v) is 6.55. The van der Waals surface area contributed by atoms with Crippen LogP contribution >= 0.6 is 11.3 Å². The summed E-state index contributed by atoms with van der Waals surface area (Å²) >= 11 is 1.66. The van der Waals surface area contributed by atoms with Crippen LogP contribution in [0.15, 0.2) is 18.2 Å². The van der Waals surface area contributed by atoms with E-state index in [9.17, 15) is 9.90 Å². The zero-order chi connectivity index (χ0) is 13.3. The average Bonchev–Trinajstić information content (AvgIpc) is 2.67. The van der Waals surface area contributed by atoms with Crippen LogP contribution in [0.2, 0.25) is 0 Å². The Morgan fingerprint density at radius 2 is 2.17 bits per heavy atom. The maximum atomic E-state index is 11.8. The van der Waals surface area contributed by atoms with Crippen LogP contribution < -0.4 is 0 Å². The molecule has 0 aliphatic carbocycles. The molecule has 1 fully saturated rings. The molecular weight excluding hydrogens is 246 g/mol. The fourth-order valence-corrected chi connectivity index (χ4v) is 2.72. The number of aliphatic hydroxyl groups is 1. The molecule has 0 spiro atoms. The van der Waals surface area contributed by atoms with Crippen LogP contribution in [0, 0.1) is 12.8 Å². The van der Waals surface area contributed by atoms with Gasteiger partial charge in [0.2, 0.25) is 5.91 Å². The minimum Gasteiger partial charge on any atom is -0.386 e. The van der Waals surface area contributed by atoms with E-state index in [1.54, 1.807) is 22.3 Å². The van der Waals surface area contributed by atoms with Gasteiger partial charge in [-0.1, -0.05) is 13.8 Å². The number of rotatable bonds is 3. The van der Waals surface area contributed by atoms with Gasteiger partial charge in [0.25, 0.3) is 0 Å². The molecule has 1 aliphatic heterocycles. The van der Waals surface area contributed by atoms with E-state index in [1.807, 2.05) is 39.0 Å². The molecule has 0 atom stereocenters. The van der Waals surface area contributed by atoms with E-state index >= 15 is 0 Å². The van der Waals surface area contributed by atoms with Crippen molar-refractivity contribution in [3.05, 3.63) is 28.0 Å². The van der Waals surface area contributed by atoms with Gasteiger partial charge in [0.1, 0.15) is 5.60 Å². The third kappa shape index (κ3) is 2.65. The zero-order valence-corrected chi connectivity index (χ0v) is 11.8. The first-order valence-electron chi connectivity index (χ1n) is 6.16. The Morgan fingerprint density at radius 1 is 1.50 bits per heavy atom. The molecule has 0 aromatic carbocycles. The van der Waals surface area contributed by atoms with Gasteiger partial charge in [0, 0.05) is 15.8 Å². The largest absolute Gasteiger partial charge is 0.386 e. The number of β-amino-alcohol motifs (C(OH)–C–C–N with tert-alkyl or cyclic N) is 1. The molecule has 3 nitrogen and oxygen atoms in total. The molecule has 2 heterocycles. The number of thiophene rings is 1. The van der Waals surface area contributed by atoms with Crippen LogP contribution in [0.4, 0.5) is 0 Å². The molecule has 1 aliphatic rings. The number of hydrogen-bond donors (Lipinski definition) is 1. The molecule has 18 heavy (non-hydrogen) atoms. The third-order valence-corrected chi connectivity index (χ3v) is 4.43. The van der Waals surface area contributed by atoms with Crippen molar-refractivity contribution in [1.82, 2.24) is 4.90 Å². The van der Waals surface area contributed by atoms with Crippen molar-refractivity contribution >= 4 is 23.3 Å². The van der Waals surface area contributed by atoms with Gasteiger partial charge in [-0.25, -0.2) is 0 Å². The average molecular weight is 265 g/mol. The number of likely N-dealkylation sites (tertiary alicyclic amines) is 1. The van der Waals surface area contributed by atoms with Crippen LogP contribution in [0.5, 0.6) is 0 Å². The number of amides is 1. The SMILES string of the molecule is Cc1ccc(C=CC(=O)N2CC(O)(C(C)C)C2)s1. The van der Waals surface area contributed by atoms with Gasteiger partial charge in [-0.2, -0.15) is 0 Å². The highest BCUT2D eigenvalue weighted by atomic mass is 32.1.